The van der Waals surface area contributed by atoms with Crippen molar-refractivity contribution in [3.63, 3.8) is 0 Å². The second-order valence-corrected chi connectivity index (χ2v) is 3.76. The summed E-state index contributed by atoms with van der Waals surface area (Å²) in [6.45, 7) is 3.25. The Morgan fingerprint density at radius 2 is 2.43 bits per heavy atom. The van der Waals surface area contributed by atoms with E-state index in [1.165, 1.54) is 6.42 Å². The summed E-state index contributed by atoms with van der Waals surface area (Å²) in [5.74, 6) is 8.14. The third-order valence-electron chi connectivity index (χ3n) is 2.61. The van der Waals surface area contributed by atoms with Gasteiger partial charge in [0.1, 0.15) is 5.82 Å². The van der Waals surface area contributed by atoms with Gasteiger partial charge in [0.15, 0.2) is 0 Å². The van der Waals surface area contributed by atoms with E-state index >= 15 is 0 Å². The highest BCUT2D eigenvalue weighted by atomic mass is 15.3. The smallest absolute Gasteiger partial charge is 0.239 e. The molecule has 1 aliphatic carbocycles. The number of hydrogen-bond acceptors (Lipinski definition) is 5. The minimum absolute atomic E-state index is 0.443. The Bertz CT molecular complexity index is 314. The molecule has 0 aliphatic heterocycles. The lowest BCUT2D eigenvalue weighted by atomic mass is 10.3. The minimum Gasteiger partial charge on any atom is -0.370 e. The number of anilines is 2. The van der Waals surface area contributed by atoms with Crippen LogP contribution in [0.15, 0.2) is 12.3 Å². The SMILES string of the molecule is CC1CC1CNc1ccnc(NN)n1. The summed E-state index contributed by atoms with van der Waals surface area (Å²) >= 11 is 0. The van der Waals surface area contributed by atoms with Crippen LogP contribution in [0.2, 0.25) is 0 Å². The van der Waals surface area contributed by atoms with Crippen molar-refractivity contribution in [2.24, 2.45) is 17.7 Å². The zero-order valence-electron chi connectivity index (χ0n) is 8.20. The van der Waals surface area contributed by atoms with Crippen LogP contribution in [0.1, 0.15) is 13.3 Å². The molecule has 2 unspecified atom stereocenters. The lowest BCUT2D eigenvalue weighted by Gasteiger charge is -2.05. The van der Waals surface area contributed by atoms with Gasteiger partial charge in [0, 0.05) is 12.7 Å². The normalized spacial score (nSPS) is 24.4. The van der Waals surface area contributed by atoms with Crippen molar-refractivity contribution < 1.29 is 0 Å². The highest BCUT2D eigenvalue weighted by Crippen LogP contribution is 2.37. The van der Waals surface area contributed by atoms with E-state index in [0.29, 0.717) is 5.95 Å². The van der Waals surface area contributed by atoms with E-state index < -0.39 is 0 Å². The monoisotopic (exact) mass is 193 g/mol. The first kappa shape index (κ1) is 9.21. The highest BCUT2D eigenvalue weighted by molar-refractivity contribution is 5.38. The van der Waals surface area contributed by atoms with E-state index in [1.54, 1.807) is 6.20 Å². The number of hydrazine groups is 1. The van der Waals surface area contributed by atoms with Crippen LogP contribution in [0.5, 0.6) is 0 Å². The number of nitrogens with two attached hydrogens (primary N) is 1. The fourth-order valence-corrected chi connectivity index (χ4v) is 1.45. The van der Waals surface area contributed by atoms with Crippen LogP contribution < -0.4 is 16.6 Å². The van der Waals surface area contributed by atoms with Crippen molar-refractivity contribution in [2.75, 3.05) is 17.3 Å². The molecule has 1 heterocycles. The Labute approximate surface area is 83.1 Å². The van der Waals surface area contributed by atoms with Gasteiger partial charge in [0.2, 0.25) is 5.95 Å². The molecule has 14 heavy (non-hydrogen) atoms. The molecular formula is C9H15N5. The number of aromatic nitrogens is 2. The molecule has 4 N–H and O–H groups in total. The summed E-state index contributed by atoms with van der Waals surface area (Å²) < 4.78 is 0. The molecule has 0 bridgehead atoms. The fourth-order valence-electron chi connectivity index (χ4n) is 1.45. The van der Waals surface area contributed by atoms with Crippen LogP contribution in [-0.2, 0) is 0 Å². The van der Waals surface area contributed by atoms with Crippen LogP contribution in [0.4, 0.5) is 11.8 Å². The van der Waals surface area contributed by atoms with Gasteiger partial charge < -0.3 is 5.32 Å². The Balaban J connectivity index is 1.88. The molecular weight excluding hydrogens is 178 g/mol. The molecule has 5 heteroatoms. The van der Waals surface area contributed by atoms with Gasteiger partial charge >= 0.3 is 0 Å². The maximum absolute atomic E-state index is 5.21. The molecule has 1 aromatic rings. The van der Waals surface area contributed by atoms with Crippen LogP contribution in [-0.4, -0.2) is 16.5 Å². The maximum atomic E-state index is 5.21. The van der Waals surface area contributed by atoms with Gasteiger partial charge in [0.05, 0.1) is 0 Å². The lowest BCUT2D eigenvalue weighted by molar-refractivity contribution is 0.784. The molecule has 1 aliphatic rings. The molecule has 0 spiro atoms. The summed E-state index contributed by atoms with van der Waals surface area (Å²) in [5.41, 5.74) is 2.42. The van der Waals surface area contributed by atoms with Crippen molar-refractivity contribution in [3.8, 4) is 0 Å². The molecule has 1 fully saturated rings. The minimum atomic E-state index is 0.443. The van der Waals surface area contributed by atoms with Gasteiger partial charge in [-0.3, -0.25) is 5.43 Å². The van der Waals surface area contributed by atoms with E-state index in [9.17, 15) is 0 Å². The Morgan fingerprint density at radius 1 is 1.64 bits per heavy atom. The standard InChI is InChI=1S/C9H15N5/c1-6-4-7(6)5-12-8-2-3-11-9(13-8)14-10/h2-3,6-7H,4-5,10H2,1H3,(H2,11,12,13,14). The van der Waals surface area contributed by atoms with Crippen LogP contribution >= 0.6 is 0 Å². The van der Waals surface area contributed by atoms with Crippen LogP contribution in [0, 0.1) is 11.8 Å². The largest absolute Gasteiger partial charge is 0.370 e. The Morgan fingerprint density at radius 3 is 3.07 bits per heavy atom. The summed E-state index contributed by atoms with van der Waals surface area (Å²) in [4.78, 5) is 8.09. The first-order chi connectivity index (χ1) is 6.79. The molecule has 2 atom stereocenters. The van der Waals surface area contributed by atoms with Crippen LogP contribution in [0.3, 0.4) is 0 Å². The number of nitrogens with zero attached hydrogens (tertiary/aromatic N) is 2. The molecule has 2 rings (SSSR count). The van der Waals surface area contributed by atoms with E-state index in [4.69, 9.17) is 5.84 Å². The molecule has 1 saturated carbocycles. The topological polar surface area (TPSA) is 75.9 Å². The van der Waals surface area contributed by atoms with Crippen molar-refractivity contribution in [1.82, 2.24) is 9.97 Å². The van der Waals surface area contributed by atoms with E-state index in [2.05, 4.69) is 27.6 Å². The Kier molecular flexibility index (Phi) is 2.49. The zero-order chi connectivity index (χ0) is 9.97. The van der Waals surface area contributed by atoms with Crippen molar-refractivity contribution in [2.45, 2.75) is 13.3 Å². The number of rotatable bonds is 4. The van der Waals surface area contributed by atoms with Crippen LogP contribution in [0.25, 0.3) is 0 Å². The second kappa shape index (κ2) is 3.79. The number of hydrogen-bond donors (Lipinski definition) is 3. The zero-order valence-corrected chi connectivity index (χ0v) is 8.20. The first-order valence-corrected chi connectivity index (χ1v) is 4.83. The molecule has 0 radical (unpaired) electrons. The first-order valence-electron chi connectivity index (χ1n) is 4.83. The van der Waals surface area contributed by atoms with Gasteiger partial charge in [-0.1, -0.05) is 6.92 Å². The summed E-state index contributed by atoms with van der Waals surface area (Å²) in [5, 5.41) is 3.27. The molecule has 0 saturated heterocycles. The van der Waals surface area contributed by atoms with Crippen molar-refractivity contribution >= 4 is 11.8 Å². The second-order valence-electron chi connectivity index (χ2n) is 3.76. The number of nitrogens with one attached hydrogen (secondary N) is 2. The maximum Gasteiger partial charge on any atom is 0.239 e. The van der Waals surface area contributed by atoms with E-state index in [-0.39, 0.29) is 0 Å². The summed E-state index contributed by atoms with van der Waals surface area (Å²) in [6.07, 6.45) is 3.00. The lowest BCUT2D eigenvalue weighted by Crippen LogP contribution is -2.12. The third kappa shape index (κ3) is 2.11. The summed E-state index contributed by atoms with van der Waals surface area (Å²) in [6, 6.07) is 1.84. The third-order valence-corrected chi connectivity index (χ3v) is 2.61. The van der Waals surface area contributed by atoms with Crippen molar-refractivity contribution in [3.05, 3.63) is 12.3 Å². The van der Waals surface area contributed by atoms with E-state index in [0.717, 1.165) is 24.2 Å². The van der Waals surface area contributed by atoms with E-state index in [1.807, 2.05) is 6.07 Å². The molecule has 0 amide bonds. The average Bonchev–Trinajstić information content (AvgIpc) is 2.92. The average molecular weight is 193 g/mol. The fraction of sp³-hybridized carbons (Fsp3) is 0.556. The molecule has 1 aromatic heterocycles. The van der Waals surface area contributed by atoms with Gasteiger partial charge in [-0.05, 0) is 24.3 Å². The quantitative estimate of drug-likeness (QED) is 0.488. The molecule has 5 nitrogen and oxygen atoms in total. The predicted octanol–water partition coefficient (Wildman–Crippen LogP) is 0.830. The predicted molar refractivity (Wildman–Crippen MR) is 55.6 cm³/mol. The molecule has 0 aromatic carbocycles. The summed E-state index contributed by atoms with van der Waals surface area (Å²) in [7, 11) is 0. The van der Waals surface area contributed by atoms with Crippen molar-refractivity contribution in [1.29, 1.82) is 0 Å². The van der Waals surface area contributed by atoms with Gasteiger partial charge in [-0.2, -0.15) is 4.98 Å². The van der Waals surface area contributed by atoms with Gasteiger partial charge in [0.25, 0.3) is 0 Å². The molecule has 76 valence electrons. The van der Waals surface area contributed by atoms with Gasteiger partial charge in [-0.15, -0.1) is 0 Å². The van der Waals surface area contributed by atoms with Gasteiger partial charge in [-0.25, -0.2) is 10.8 Å². The highest BCUT2D eigenvalue weighted by Gasteiger charge is 2.31. The Hall–Kier alpha value is -1.36. The number of nitrogen functional groups attached to an aromatic ring is 1.